The molecule has 0 aliphatic carbocycles. The minimum atomic E-state index is 0.0250. The molecule has 76 valence electrons. The number of carbonyl (C=O) groups excluding carboxylic acids is 1. The number of aryl methyl sites for hydroxylation is 1. The van der Waals surface area contributed by atoms with Gasteiger partial charge in [-0.2, -0.15) is 0 Å². The lowest BCUT2D eigenvalue weighted by Crippen LogP contribution is -2.04. The zero-order chi connectivity index (χ0) is 10.6. The van der Waals surface area contributed by atoms with E-state index in [0.717, 1.165) is 16.7 Å². The fourth-order valence-corrected chi connectivity index (χ4v) is 1.61. The highest BCUT2D eigenvalue weighted by Gasteiger charge is 2.03. The van der Waals surface area contributed by atoms with Crippen LogP contribution in [-0.4, -0.2) is 16.2 Å². The number of halogens is 1. The lowest BCUT2D eigenvalue weighted by Gasteiger charge is -2.04. The number of carbonyl (C=O) groups is 1. The molecule has 1 aromatic rings. The Balaban J connectivity index is 2.86. The van der Waals surface area contributed by atoms with Crippen molar-refractivity contribution < 1.29 is 9.90 Å². The van der Waals surface area contributed by atoms with Crippen LogP contribution in [0.25, 0.3) is 0 Å². The van der Waals surface area contributed by atoms with Gasteiger partial charge in [0.1, 0.15) is 5.78 Å². The van der Waals surface area contributed by atoms with Gasteiger partial charge >= 0.3 is 0 Å². The first-order chi connectivity index (χ1) is 6.65. The first-order valence-corrected chi connectivity index (χ1v) is 5.56. The van der Waals surface area contributed by atoms with E-state index in [4.69, 9.17) is 5.11 Å². The molecular weight excluding hydrogens is 244 g/mol. The molecule has 0 fully saturated rings. The van der Waals surface area contributed by atoms with Crippen LogP contribution in [0.2, 0.25) is 0 Å². The van der Waals surface area contributed by atoms with Gasteiger partial charge in [-0.3, -0.25) is 4.79 Å². The zero-order valence-electron chi connectivity index (χ0n) is 8.09. The van der Waals surface area contributed by atoms with Crippen LogP contribution in [0.3, 0.4) is 0 Å². The molecule has 0 atom stereocenters. The molecule has 0 unspecified atom stereocenters. The summed E-state index contributed by atoms with van der Waals surface area (Å²) in [7, 11) is 0. The van der Waals surface area contributed by atoms with E-state index in [1.54, 1.807) is 0 Å². The average Bonchev–Trinajstić information content (AvgIpc) is 2.16. The molecule has 0 heterocycles. The van der Waals surface area contributed by atoms with Gasteiger partial charge in [0.05, 0.1) is 11.9 Å². The topological polar surface area (TPSA) is 37.3 Å². The minimum absolute atomic E-state index is 0.0250. The summed E-state index contributed by atoms with van der Waals surface area (Å²) in [5, 5.41) is 9.37. The normalized spacial score (nSPS) is 10.2. The standard InChI is InChI=1S/C11H13BrO2/c1-8-2-9(5-11(14)6-12)4-10(3-8)7-13/h2-4,13H,5-7H2,1H3. The number of alkyl halides is 1. The molecule has 0 spiro atoms. The molecular formula is C11H13BrO2. The van der Waals surface area contributed by atoms with Crippen LogP contribution < -0.4 is 0 Å². The Morgan fingerprint density at radius 1 is 1.36 bits per heavy atom. The highest BCUT2D eigenvalue weighted by Crippen LogP contribution is 2.11. The van der Waals surface area contributed by atoms with E-state index in [0.29, 0.717) is 11.8 Å². The molecule has 0 aliphatic heterocycles. The maximum absolute atomic E-state index is 11.2. The summed E-state index contributed by atoms with van der Waals surface area (Å²) in [6, 6.07) is 5.76. The summed E-state index contributed by atoms with van der Waals surface area (Å²) in [5.74, 6) is 0.152. The Morgan fingerprint density at radius 2 is 2.00 bits per heavy atom. The quantitative estimate of drug-likeness (QED) is 0.837. The van der Waals surface area contributed by atoms with E-state index in [1.807, 2.05) is 25.1 Å². The number of aliphatic hydroxyl groups is 1. The van der Waals surface area contributed by atoms with Gasteiger partial charge in [0.25, 0.3) is 0 Å². The first-order valence-electron chi connectivity index (χ1n) is 4.43. The fraction of sp³-hybridized carbons (Fsp3) is 0.364. The number of hydrogen-bond acceptors (Lipinski definition) is 2. The summed E-state index contributed by atoms with van der Waals surface area (Å²) in [5.41, 5.74) is 2.91. The van der Waals surface area contributed by atoms with Crippen molar-refractivity contribution in [2.45, 2.75) is 20.0 Å². The van der Waals surface area contributed by atoms with Gasteiger partial charge in [-0.1, -0.05) is 39.7 Å². The third-order valence-electron chi connectivity index (χ3n) is 1.93. The maximum Gasteiger partial charge on any atom is 0.147 e. The van der Waals surface area contributed by atoms with Crippen LogP contribution in [0.5, 0.6) is 0 Å². The average molecular weight is 257 g/mol. The van der Waals surface area contributed by atoms with Gasteiger partial charge in [-0.25, -0.2) is 0 Å². The van der Waals surface area contributed by atoms with Crippen LogP contribution in [-0.2, 0) is 17.8 Å². The summed E-state index contributed by atoms with van der Waals surface area (Å²) in [6.45, 7) is 1.98. The number of benzene rings is 1. The molecule has 2 nitrogen and oxygen atoms in total. The number of Topliss-reactive ketones (excluding diaryl/α,β-unsaturated/α-hetero) is 1. The summed E-state index contributed by atoms with van der Waals surface area (Å²) >= 11 is 3.13. The molecule has 1 rings (SSSR count). The third-order valence-corrected chi connectivity index (χ3v) is 2.56. The minimum Gasteiger partial charge on any atom is -0.392 e. The molecule has 0 aromatic heterocycles. The van der Waals surface area contributed by atoms with Gasteiger partial charge in [0.2, 0.25) is 0 Å². The Bertz CT molecular complexity index is 334. The van der Waals surface area contributed by atoms with E-state index in [1.165, 1.54) is 0 Å². The summed E-state index contributed by atoms with van der Waals surface area (Å²) in [4.78, 5) is 11.2. The highest BCUT2D eigenvalue weighted by molar-refractivity contribution is 9.09. The molecule has 0 bridgehead atoms. The van der Waals surface area contributed by atoms with Crippen LogP contribution in [0.1, 0.15) is 16.7 Å². The molecule has 14 heavy (non-hydrogen) atoms. The van der Waals surface area contributed by atoms with Crippen molar-refractivity contribution in [2.75, 3.05) is 5.33 Å². The van der Waals surface area contributed by atoms with Gasteiger partial charge in [-0.05, 0) is 18.1 Å². The zero-order valence-corrected chi connectivity index (χ0v) is 9.67. The number of rotatable bonds is 4. The largest absolute Gasteiger partial charge is 0.392 e. The fourth-order valence-electron chi connectivity index (χ4n) is 1.42. The lowest BCUT2D eigenvalue weighted by atomic mass is 10.0. The van der Waals surface area contributed by atoms with Crippen LogP contribution in [0.15, 0.2) is 18.2 Å². The molecule has 0 radical (unpaired) electrons. The van der Waals surface area contributed by atoms with Crippen LogP contribution in [0, 0.1) is 6.92 Å². The van der Waals surface area contributed by atoms with E-state index in [-0.39, 0.29) is 12.4 Å². The van der Waals surface area contributed by atoms with E-state index < -0.39 is 0 Å². The summed E-state index contributed by atoms with van der Waals surface area (Å²) < 4.78 is 0. The van der Waals surface area contributed by atoms with E-state index >= 15 is 0 Å². The highest BCUT2D eigenvalue weighted by atomic mass is 79.9. The van der Waals surface area contributed by atoms with Crippen molar-refractivity contribution in [3.05, 3.63) is 34.9 Å². The second kappa shape index (κ2) is 5.27. The Labute approximate surface area is 92.1 Å². The number of hydrogen-bond donors (Lipinski definition) is 1. The van der Waals surface area contributed by atoms with E-state index in [9.17, 15) is 4.79 Å². The predicted octanol–water partition coefficient (Wildman–Crippen LogP) is 1.99. The smallest absolute Gasteiger partial charge is 0.147 e. The first kappa shape index (κ1) is 11.4. The van der Waals surface area contributed by atoms with Gasteiger partial charge in [0.15, 0.2) is 0 Å². The van der Waals surface area contributed by atoms with Crippen molar-refractivity contribution in [1.29, 1.82) is 0 Å². The van der Waals surface area contributed by atoms with E-state index in [2.05, 4.69) is 15.9 Å². The van der Waals surface area contributed by atoms with Crippen molar-refractivity contribution in [3.8, 4) is 0 Å². The predicted molar refractivity (Wildman–Crippen MR) is 59.6 cm³/mol. The van der Waals surface area contributed by atoms with Crippen molar-refractivity contribution in [3.63, 3.8) is 0 Å². The van der Waals surface area contributed by atoms with Gasteiger partial charge < -0.3 is 5.11 Å². The molecule has 1 N–H and O–H groups in total. The second-order valence-electron chi connectivity index (χ2n) is 3.33. The van der Waals surface area contributed by atoms with Crippen molar-refractivity contribution in [2.24, 2.45) is 0 Å². The molecule has 1 aromatic carbocycles. The van der Waals surface area contributed by atoms with Crippen LogP contribution in [0.4, 0.5) is 0 Å². The van der Waals surface area contributed by atoms with Crippen LogP contribution >= 0.6 is 15.9 Å². The Hall–Kier alpha value is -0.670. The van der Waals surface area contributed by atoms with Crippen molar-refractivity contribution >= 4 is 21.7 Å². The third kappa shape index (κ3) is 3.24. The molecule has 0 saturated heterocycles. The van der Waals surface area contributed by atoms with Gasteiger partial charge in [0, 0.05) is 6.42 Å². The van der Waals surface area contributed by atoms with Crippen molar-refractivity contribution in [1.82, 2.24) is 0 Å². The Kier molecular flexibility index (Phi) is 4.29. The lowest BCUT2D eigenvalue weighted by molar-refractivity contribution is -0.115. The monoisotopic (exact) mass is 256 g/mol. The summed E-state index contributed by atoms with van der Waals surface area (Å²) in [6.07, 6.45) is 0.430. The second-order valence-corrected chi connectivity index (χ2v) is 3.89. The molecule has 3 heteroatoms. The number of aliphatic hydroxyl groups excluding tert-OH is 1. The Morgan fingerprint density at radius 3 is 2.57 bits per heavy atom. The maximum atomic E-state index is 11.2. The van der Waals surface area contributed by atoms with Gasteiger partial charge in [-0.15, -0.1) is 0 Å². The molecule has 0 saturated carbocycles. The molecule has 0 aliphatic rings. The molecule has 0 amide bonds. The number of ketones is 1. The SMILES string of the molecule is Cc1cc(CO)cc(CC(=O)CBr)c1.